The Morgan fingerprint density at radius 1 is 0.741 bits per heavy atom. The lowest BCUT2D eigenvalue weighted by Crippen LogP contribution is -2.45. The van der Waals surface area contributed by atoms with Crippen LogP contribution in [0.25, 0.3) is 0 Å². The number of rotatable bonds is 4. The molecule has 2 aliphatic rings. The van der Waals surface area contributed by atoms with Crippen molar-refractivity contribution in [3.8, 4) is 0 Å². The van der Waals surface area contributed by atoms with Gasteiger partial charge in [-0.25, -0.2) is 0 Å². The molecule has 152 valence electrons. The van der Waals surface area contributed by atoms with E-state index in [4.69, 9.17) is 5.11 Å². The van der Waals surface area contributed by atoms with Crippen LogP contribution in [0.4, 0.5) is 0 Å². The van der Waals surface area contributed by atoms with Gasteiger partial charge >= 0.3 is 17.9 Å². The monoisotopic (exact) mass is 385 g/mol. The standard InChI is InChI=1S/C12H15NO8.C6H12/c1-20-11(17)7-3-5(9(14)13-19)6(10(15)16)4-8(7)12(18)21-2;1-2-4-6-5-3-1/h5-8H,3-4H2,1-2H3,(H,15,16);1-6H2. The Morgan fingerprint density at radius 3 is 1.41 bits per heavy atom. The maximum absolute atomic E-state index is 11.7. The second-order valence-corrected chi connectivity index (χ2v) is 6.83. The minimum Gasteiger partial charge on any atom is -0.481 e. The highest BCUT2D eigenvalue weighted by Gasteiger charge is 2.50. The molecular formula is C18H27NO8. The lowest BCUT2D eigenvalue weighted by molar-refractivity contribution is -0.166. The molecule has 2 saturated carbocycles. The molecule has 2 aliphatic carbocycles. The molecule has 0 bridgehead atoms. The fraction of sp³-hybridized carbons (Fsp3) is 0.778. The first-order valence-corrected chi connectivity index (χ1v) is 9.13. The SMILES string of the molecule is C1CCCCC1.COC(=O)C1CC(C(=O)O)C(C(=O)N=O)CC1C(=O)OC. The molecule has 1 amide bonds. The van der Waals surface area contributed by atoms with Crippen LogP contribution in [0.3, 0.4) is 0 Å². The second-order valence-electron chi connectivity index (χ2n) is 6.83. The summed E-state index contributed by atoms with van der Waals surface area (Å²) in [5.74, 6) is -8.65. The summed E-state index contributed by atoms with van der Waals surface area (Å²) < 4.78 is 9.11. The van der Waals surface area contributed by atoms with Gasteiger partial charge in [-0.1, -0.05) is 38.5 Å². The van der Waals surface area contributed by atoms with Crippen LogP contribution in [-0.4, -0.2) is 43.1 Å². The lowest BCUT2D eigenvalue weighted by atomic mass is 9.67. The molecule has 0 heterocycles. The fourth-order valence-electron chi connectivity index (χ4n) is 3.70. The Labute approximate surface area is 157 Å². The van der Waals surface area contributed by atoms with Gasteiger partial charge in [0.05, 0.1) is 37.9 Å². The van der Waals surface area contributed by atoms with E-state index in [9.17, 15) is 24.1 Å². The van der Waals surface area contributed by atoms with Crippen LogP contribution in [0, 0.1) is 28.6 Å². The van der Waals surface area contributed by atoms with Crippen LogP contribution in [-0.2, 0) is 28.7 Å². The van der Waals surface area contributed by atoms with Crippen molar-refractivity contribution in [1.82, 2.24) is 0 Å². The fourth-order valence-corrected chi connectivity index (χ4v) is 3.70. The third-order valence-electron chi connectivity index (χ3n) is 5.22. The number of carbonyl (C=O) groups excluding carboxylic acids is 3. The van der Waals surface area contributed by atoms with Crippen molar-refractivity contribution in [2.24, 2.45) is 28.8 Å². The van der Waals surface area contributed by atoms with Gasteiger partial charge < -0.3 is 14.6 Å². The number of carbonyl (C=O) groups is 4. The third kappa shape index (κ3) is 6.41. The average Bonchev–Trinajstić information content (AvgIpc) is 2.72. The normalized spacial score (nSPS) is 27.3. The molecule has 27 heavy (non-hydrogen) atoms. The molecule has 9 heteroatoms. The van der Waals surface area contributed by atoms with E-state index in [1.165, 1.54) is 38.5 Å². The van der Waals surface area contributed by atoms with Gasteiger partial charge in [-0.2, -0.15) is 0 Å². The van der Waals surface area contributed by atoms with Crippen LogP contribution < -0.4 is 0 Å². The van der Waals surface area contributed by atoms with Gasteiger partial charge in [0, 0.05) is 5.18 Å². The zero-order valence-corrected chi connectivity index (χ0v) is 15.7. The predicted octanol–water partition coefficient (Wildman–Crippen LogP) is 2.31. The highest BCUT2D eigenvalue weighted by molar-refractivity contribution is 5.89. The molecule has 0 radical (unpaired) electrons. The molecule has 0 aliphatic heterocycles. The zero-order valence-electron chi connectivity index (χ0n) is 15.7. The van der Waals surface area contributed by atoms with E-state index < -0.39 is 47.5 Å². The van der Waals surface area contributed by atoms with Crippen molar-refractivity contribution in [1.29, 1.82) is 0 Å². The largest absolute Gasteiger partial charge is 0.481 e. The second kappa shape index (κ2) is 11.4. The molecule has 0 saturated heterocycles. The number of amides is 1. The van der Waals surface area contributed by atoms with Crippen LogP contribution in [0.15, 0.2) is 5.18 Å². The molecule has 0 aromatic heterocycles. The van der Waals surface area contributed by atoms with Gasteiger partial charge in [0.15, 0.2) is 0 Å². The molecule has 4 atom stereocenters. The Kier molecular flexibility index (Phi) is 9.60. The lowest BCUT2D eigenvalue weighted by Gasteiger charge is -2.34. The van der Waals surface area contributed by atoms with Crippen LogP contribution in [0.5, 0.6) is 0 Å². The molecule has 9 nitrogen and oxygen atoms in total. The van der Waals surface area contributed by atoms with E-state index in [0.717, 1.165) is 14.2 Å². The average molecular weight is 385 g/mol. The van der Waals surface area contributed by atoms with E-state index in [1.54, 1.807) is 0 Å². The van der Waals surface area contributed by atoms with E-state index in [1.807, 2.05) is 0 Å². The van der Waals surface area contributed by atoms with E-state index in [-0.39, 0.29) is 12.8 Å². The molecule has 0 aromatic rings. The number of esters is 2. The quantitative estimate of drug-likeness (QED) is 0.575. The van der Waals surface area contributed by atoms with Crippen molar-refractivity contribution in [2.45, 2.75) is 51.4 Å². The first-order chi connectivity index (χ1) is 12.9. The number of aliphatic carboxylic acids is 1. The number of nitrogens with zero attached hydrogens (tertiary/aromatic N) is 1. The summed E-state index contributed by atoms with van der Waals surface area (Å²) in [6.07, 6.45) is 8.40. The Balaban J connectivity index is 0.000000511. The Hall–Kier alpha value is -2.32. The van der Waals surface area contributed by atoms with E-state index in [0.29, 0.717) is 0 Å². The first kappa shape index (κ1) is 22.7. The smallest absolute Gasteiger partial charge is 0.309 e. The van der Waals surface area contributed by atoms with Crippen molar-refractivity contribution in [2.75, 3.05) is 14.2 Å². The Bertz CT molecular complexity index is 546. The Morgan fingerprint density at radius 2 is 1.11 bits per heavy atom. The summed E-state index contributed by atoms with van der Waals surface area (Å²) in [7, 11) is 2.21. The summed E-state index contributed by atoms with van der Waals surface area (Å²) in [4.78, 5) is 56.5. The predicted molar refractivity (Wildman–Crippen MR) is 93.4 cm³/mol. The molecular weight excluding hydrogens is 358 g/mol. The van der Waals surface area contributed by atoms with Gasteiger partial charge in [-0.05, 0) is 12.8 Å². The molecule has 2 rings (SSSR count). The van der Waals surface area contributed by atoms with Crippen molar-refractivity contribution >= 4 is 23.8 Å². The molecule has 0 aromatic carbocycles. The summed E-state index contributed by atoms with van der Waals surface area (Å²) in [6, 6.07) is 0. The summed E-state index contributed by atoms with van der Waals surface area (Å²) in [6.45, 7) is 0. The van der Waals surface area contributed by atoms with Crippen molar-refractivity contribution < 1.29 is 33.8 Å². The highest BCUT2D eigenvalue weighted by Crippen LogP contribution is 2.40. The number of hydrogen-bond acceptors (Lipinski definition) is 7. The van der Waals surface area contributed by atoms with Gasteiger partial charge in [0.25, 0.3) is 5.91 Å². The number of methoxy groups -OCH3 is 2. The van der Waals surface area contributed by atoms with Crippen LogP contribution in [0.1, 0.15) is 51.4 Å². The van der Waals surface area contributed by atoms with Gasteiger partial charge in [0.2, 0.25) is 0 Å². The van der Waals surface area contributed by atoms with E-state index in [2.05, 4.69) is 14.7 Å². The maximum Gasteiger partial charge on any atom is 0.309 e. The zero-order chi connectivity index (χ0) is 20.4. The van der Waals surface area contributed by atoms with Crippen LogP contribution >= 0.6 is 0 Å². The first-order valence-electron chi connectivity index (χ1n) is 9.13. The number of carboxylic acid groups (broad SMARTS) is 1. The molecule has 2 fully saturated rings. The van der Waals surface area contributed by atoms with Crippen LogP contribution in [0.2, 0.25) is 0 Å². The van der Waals surface area contributed by atoms with Gasteiger partial charge in [0.1, 0.15) is 0 Å². The minimum atomic E-state index is -1.34. The molecule has 4 unspecified atom stereocenters. The highest BCUT2D eigenvalue weighted by atomic mass is 16.5. The maximum atomic E-state index is 11.7. The third-order valence-corrected chi connectivity index (χ3v) is 5.22. The minimum absolute atomic E-state index is 0.298. The number of ether oxygens (including phenoxy) is 2. The number of carboxylic acids is 1. The summed E-state index contributed by atoms with van der Waals surface area (Å²) in [5.41, 5.74) is 0. The van der Waals surface area contributed by atoms with Crippen molar-refractivity contribution in [3.05, 3.63) is 4.91 Å². The van der Waals surface area contributed by atoms with Crippen molar-refractivity contribution in [3.63, 3.8) is 0 Å². The van der Waals surface area contributed by atoms with Gasteiger partial charge in [-0.15, -0.1) is 4.91 Å². The topological polar surface area (TPSA) is 136 Å². The molecule has 0 spiro atoms. The molecule has 1 N–H and O–H groups in total. The summed E-state index contributed by atoms with van der Waals surface area (Å²) in [5, 5.41) is 11.4. The number of hydrogen-bond donors (Lipinski definition) is 1. The summed E-state index contributed by atoms with van der Waals surface area (Å²) >= 11 is 0. The number of nitroso groups, excluding NO2 is 1. The van der Waals surface area contributed by atoms with Gasteiger partial charge in [-0.3, -0.25) is 19.2 Å². The van der Waals surface area contributed by atoms with E-state index >= 15 is 0 Å².